The summed E-state index contributed by atoms with van der Waals surface area (Å²) in [6, 6.07) is -1.62. The molecule has 10 heteroatoms. The zero-order valence-corrected chi connectivity index (χ0v) is 23.5. The second kappa shape index (κ2) is 12.2. The Morgan fingerprint density at radius 2 is 1.95 bits per heavy atom. The van der Waals surface area contributed by atoms with Crippen LogP contribution < -0.4 is 5.32 Å². The average molecular weight is 546 g/mol. The van der Waals surface area contributed by atoms with Gasteiger partial charge in [0.25, 0.3) is 0 Å². The van der Waals surface area contributed by atoms with E-state index in [9.17, 15) is 24.3 Å². The van der Waals surface area contributed by atoms with Crippen LogP contribution in [0.5, 0.6) is 0 Å². The fourth-order valence-electron chi connectivity index (χ4n) is 6.37. The van der Waals surface area contributed by atoms with Gasteiger partial charge in [-0.15, -0.1) is 0 Å². The molecule has 4 aliphatic rings. The molecule has 39 heavy (non-hydrogen) atoms. The number of cyclic esters (lactones) is 1. The smallest absolute Gasteiger partial charge is 0.313 e. The molecule has 8 atom stereocenters. The Balaban J connectivity index is 1.82. The van der Waals surface area contributed by atoms with Crippen molar-refractivity contribution in [2.45, 2.75) is 89.7 Å². The van der Waals surface area contributed by atoms with Crippen molar-refractivity contribution in [3.63, 3.8) is 0 Å². The van der Waals surface area contributed by atoms with Crippen molar-refractivity contribution in [1.29, 1.82) is 0 Å². The molecule has 2 N–H and O–H groups in total. The van der Waals surface area contributed by atoms with E-state index in [0.29, 0.717) is 25.9 Å². The highest BCUT2D eigenvalue weighted by Gasteiger charge is 2.72. The van der Waals surface area contributed by atoms with Crippen molar-refractivity contribution in [3.8, 4) is 0 Å². The molecule has 0 aromatic rings. The monoisotopic (exact) mass is 545 g/mol. The molecule has 0 bridgehead atoms. The minimum atomic E-state index is -1.38. The van der Waals surface area contributed by atoms with E-state index in [2.05, 4.69) is 12.2 Å². The van der Waals surface area contributed by atoms with E-state index in [1.807, 2.05) is 19.9 Å². The number of hydrogen-bond donors (Lipinski definition) is 2. The van der Waals surface area contributed by atoms with Gasteiger partial charge < -0.3 is 29.7 Å². The molecule has 2 fully saturated rings. The van der Waals surface area contributed by atoms with E-state index in [4.69, 9.17) is 9.47 Å². The largest absolute Gasteiger partial charge is 0.460 e. The third kappa shape index (κ3) is 5.37. The predicted octanol–water partition coefficient (Wildman–Crippen LogP) is 1.57. The van der Waals surface area contributed by atoms with E-state index in [0.717, 1.165) is 12.8 Å². The number of nitrogens with zero attached hydrogens (tertiary/aromatic N) is 2. The average Bonchev–Trinajstić information content (AvgIpc) is 3.30. The fraction of sp³-hybridized carbons (Fsp3) is 0.724. The Labute approximate surface area is 230 Å². The van der Waals surface area contributed by atoms with Gasteiger partial charge in [-0.1, -0.05) is 57.9 Å². The van der Waals surface area contributed by atoms with Crippen LogP contribution in [0.4, 0.5) is 0 Å². The van der Waals surface area contributed by atoms with Crippen LogP contribution in [-0.4, -0.2) is 94.7 Å². The van der Waals surface area contributed by atoms with Crippen molar-refractivity contribution >= 4 is 23.7 Å². The molecule has 0 saturated carbocycles. The van der Waals surface area contributed by atoms with Crippen LogP contribution in [0.2, 0.25) is 0 Å². The van der Waals surface area contributed by atoms with Crippen LogP contribution in [0.3, 0.4) is 0 Å². The molecule has 0 radical (unpaired) electrons. The van der Waals surface area contributed by atoms with Gasteiger partial charge >= 0.3 is 5.97 Å². The highest BCUT2D eigenvalue weighted by Crippen LogP contribution is 2.54. The minimum absolute atomic E-state index is 0.0819. The zero-order valence-electron chi connectivity index (χ0n) is 23.5. The van der Waals surface area contributed by atoms with Gasteiger partial charge in [0.15, 0.2) is 0 Å². The quantitative estimate of drug-likeness (QED) is 0.367. The maximum absolute atomic E-state index is 14.4. The van der Waals surface area contributed by atoms with Crippen LogP contribution in [0.15, 0.2) is 24.3 Å². The number of fused-ring (bicyclic) bond motifs is 2. The molecular weight excluding hydrogens is 502 g/mol. The van der Waals surface area contributed by atoms with Crippen molar-refractivity contribution < 1.29 is 33.8 Å². The molecule has 2 saturated heterocycles. The molecule has 216 valence electrons. The SMILES string of the molecule is CCCCN1CC=C[C@]23O[C@@H]4/C=C\CCC(=O)NC[C@@H](C)OC(=O)[C@@H]4[C@H]2C(=O)N([C@@H](CO)[C@@H](C)CC)[C@@H]3C1=O. The number of amides is 3. The van der Waals surface area contributed by atoms with Gasteiger partial charge in [0, 0.05) is 19.5 Å². The van der Waals surface area contributed by atoms with Crippen molar-refractivity contribution in [2.24, 2.45) is 17.8 Å². The third-order valence-electron chi connectivity index (χ3n) is 8.68. The molecule has 10 nitrogen and oxygen atoms in total. The lowest BCUT2D eigenvalue weighted by Gasteiger charge is -2.40. The first-order valence-electron chi connectivity index (χ1n) is 14.4. The third-order valence-corrected chi connectivity index (χ3v) is 8.68. The number of ether oxygens (including phenoxy) is 2. The van der Waals surface area contributed by atoms with Gasteiger partial charge in [0.2, 0.25) is 17.7 Å². The molecule has 4 aliphatic heterocycles. The molecule has 0 unspecified atom stereocenters. The topological polar surface area (TPSA) is 125 Å². The number of allylic oxidation sites excluding steroid dienone is 1. The molecular formula is C29H43N3O7. The molecule has 3 amide bonds. The normalized spacial score (nSPS) is 35.6. The number of nitrogens with one attached hydrogen (secondary N) is 1. The van der Waals surface area contributed by atoms with Gasteiger partial charge in [-0.05, 0) is 25.7 Å². The zero-order chi connectivity index (χ0) is 28.3. The summed E-state index contributed by atoms with van der Waals surface area (Å²) in [5.41, 5.74) is -1.38. The Morgan fingerprint density at radius 1 is 1.18 bits per heavy atom. The standard InChI is InChI=1S/C29H43N3O7/c1-5-7-14-31-15-10-13-29-24(26(35)32(25(29)27(31)36)20(17-33)18(3)6-2)23-21(39-29)11-8-9-12-22(34)30-16-19(4)38-28(23)37/h8,10-11,13,18-21,23-25,33H,5-7,9,12,14-17H2,1-4H3,(H,30,34)/b11-8-/t18-,19+,20-,21+,23-,24-,25+,29-/m0/s1. The number of likely N-dealkylation sites (tertiary alicyclic amines) is 1. The summed E-state index contributed by atoms with van der Waals surface area (Å²) < 4.78 is 12.4. The summed E-state index contributed by atoms with van der Waals surface area (Å²) in [4.78, 5) is 57.6. The highest BCUT2D eigenvalue weighted by molar-refractivity contribution is 5.99. The van der Waals surface area contributed by atoms with Gasteiger partial charge in [0.05, 0.1) is 31.2 Å². The Kier molecular flexibility index (Phi) is 9.16. The van der Waals surface area contributed by atoms with E-state index in [-0.39, 0.29) is 43.2 Å². The van der Waals surface area contributed by atoms with Gasteiger partial charge in [-0.2, -0.15) is 0 Å². The lowest BCUT2D eigenvalue weighted by Crippen LogP contribution is -2.59. The van der Waals surface area contributed by atoms with E-state index >= 15 is 0 Å². The summed E-state index contributed by atoms with van der Waals surface area (Å²) in [7, 11) is 0. The number of carbonyl (C=O) groups is 4. The Morgan fingerprint density at radius 3 is 2.64 bits per heavy atom. The van der Waals surface area contributed by atoms with Crippen molar-refractivity contribution in [1.82, 2.24) is 15.1 Å². The number of esters is 1. The fourth-order valence-corrected chi connectivity index (χ4v) is 6.37. The van der Waals surface area contributed by atoms with Crippen molar-refractivity contribution in [3.05, 3.63) is 24.3 Å². The first-order valence-corrected chi connectivity index (χ1v) is 14.4. The van der Waals surface area contributed by atoms with E-state index in [1.54, 1.807) is 30.1 Å². The van der Waals surface area contributed by atoms with Crippen LogP contribution in [0.25, 0.3) is 0 Å². The lowest BCUT2D eigenvalue weighted by atomic mass is 9.78. The maximum Gasteiger partial charge on any atom is 0.313 e. The summed E-state index contributed by atoms with van der Waals surface area (Å²) in [5.74, 6) is -3.39. The maximum atomic E-state index is 14.4. The molecule has 1 spiro atoms. The Bertz CT molecular complexity index is 1010. The Hall–Kier alpha value is -2.72. The molecule has 0 aliphatic carbocycles. The van der Waals surface area contributed by atoms with Crippen LogP contribution in [0.1, 0.15) is 59.8 Å². The van der Waals surface area contributed by atoms with Crippen LogP contribution in [-0.2, 0) is 28.7 Å². The number of rotatable bonds is 7. The number of aliphatic hydroxyl groups excluding tert-OH is 1. The van der Waals surface area contributed by atoms with Crippen molar-refractivity contribution in [2.75, 3.05) is 26.2 Å². The number of unbranched alkanes of at least 4 members (excludes halogenated alkanes) is 1. The second-order valence-corrected chi connectivity index (χ2v) is 11.3. The molecule has 0 aromatic carbocycles. The van der Waals surface area contributed by atoms with Gasteiger partial charge in [-0.3, -0.25) is 19.2 Å². The number of carbonyl (C=O) groups excluding carboxylic acids is 4. The van der Waals surface area contributed by atoms with Crippen LogP contribution in [0, 0.1) is 17.8 Å². The highest BCUT2D eigenvalue weighted by atomic mass is 16.6. The first kappa shape index (κ1) is 29.3. The lowest BCUT2D eigenvalue weighted by molar-refractivity contribution is -0.160. The van der Waals surface area contributed by atoms with Crippen LogP contribution >= 0.6 is 0 Å². The minimum Gasteiger partial charge on any atom is -0.460 e. The molecule has 4 heterocycles. The van der Waals surface area contributed by atoms with E-state index in [1.165, 1.54) is 4.90 Å². The summed E-state index contributed by atoms with van der Waals surface area (Å²) in [6.45, 7) is 8.46. The summed E-state index contributed by atoms with van der Waals surface area (Å²) in [6.07, 6.45) is 8.92. The summed E-state index contributed by atoms with van der Waals surface area (Å²) in [5, 5.41) is 13.2. The van der Waals surface area contributed by atoms with Gasteiger partial charge in [0.1, 0.15) is 23.7 Å². The second-order valence-electron chi connectivity index (χ2n) is 11.3. The number of hydrogen-bond acceptors (Lipinski definition) is 7. The number of aliphatic hydroxyl groups is 1. The predicted molar refractivity (Wildman–Crippen MR) is 143 cm³/mol. The molecule has 4 rings (SSSR count). The summed E-state index contributed by atoms with van der Waals surface area (Å²) >= 11 is 0. The van der Waals surface area contributed by atoms with E-state index < -0.39 is 47.7 Å². The first-order chi connectivity index (χ1) is 18.7. The van der Waals surface area contributed by atoms with Gasteiger partial charge in [-0.25, -0.2) is 0 Å². The molecule has 0 aromatic heterocycles.